The van der Waals surface area contributed by atoms with E-state index in [9.17, 15) is 13.6 Å². The van der Waals surface area contributed by atoms with Gasteiger partial charge in [-0.1, -0.05) is 12.1 Å². The van der Waals surface area contributed by atoms with Crippen LogP contribution in [0.15, 0.2) is 59.8 Å². The van der Waals surface area contributed by atoms with Gasteiger partial charge in [0.05, 0.1) is 12.9 Å². The number of aryl methyl sites for hydroxylation is 1. The smallest absolute Gasteiger partial charge is 0.231 e. The Morgan fingerprint density at radius 1 is 1.21 bits per heavy atom. The van der Waals surface area contributed by atoms with Crippen LogP contribution in [0.4, 0.5) is 8.78 Å². The first-order chi connectivity index (χ1) is 13.5. The molecule has 0 aliphatic rings. The average Bonchev–Trinajstić information content (AvgIpc) is 3.13. The Morgan fingerprint density at radius 2 is 1.96 bits per heavy atom. The first-order valence-corrected chi connectivity index (χ1v) is 9.45. The van der Waals surface area contributed by atoms with E-state index in [2.05, 4.69) is 10.3 Å². The molecule has 0 saturated heterocycles. The molecule has 1 unspecified atom stereocenters. The third-order valence-electron chi connectivity index (χ3n) is 4.13. The number of benzene rings is 2. The lowest BCUT2D eigenvalue weighted by Crippen LogP contribution is -2.32. The number of hydrogen-bond acceptors (Lipinski definition) is 4. The normalized spacial score (nSPS) is 11.9. The molecule has 8 heteroatoms. The van der Waals surface area contributed by atoms with E-state index >= 15 is 0 Å². The Labute approximate surface area is 165 Å². The maximum Gasteiger partial charge on any atom is 0.231 e. The van der Waals surface area contributed by atoms with E-state index in [1.807, 2.05) is 35.9 Å². The summed E-state index contributed by atoms with van der Waals surface area (Å²) < 4.78 is 33.4. The van der Waals surface area contributed by atoms with Gasteiger partial charge in [-0.2, -0.15) is 0 Å². The van der Waals surface area contributed by atoms with Crippen LogP contribution in [0.2, 0.25) is 0 Å². The van der Waals surface area contributed by atoms with Gasteiger partial charge in [-0.05, 0) is 35.9 Å². The third kappa shape index (κ3) is 4.69. The van der Waals surface area contributed by atoms with Gasteiger partial charge >= 0.3 is 0 Å². The summed E-state index contributed by atoms with van der Waals surface area (Å²) in [6.07, 6.45) is 3.46. The average molecular weight is 403 g/mol. The Kier molecular flexibility index (Phi) is 6.30. The summed E-state index contributed by atoms with van der Waals surface area (Å²) in [6.45, 7) is 0. The highest BCUT2D eigenvalue weighted by Gasteiger charge is 2.21. The fourth-order valence-electron chi connectivity index (χ4n) is 2.67. The number of amides is 1. The summed E-state index contributed by atoms with van der Waals surface area (Å²) in [4.78, 5) is 17.3. The van der Waals surface area contributed by atoms with Crippen molar-refractivity contribution < 1.29 is 18.3 Å². The van der Waals surface area contributed by atoms with Crippen molar-refractivity contribution in [2.24, 2.45) is 7.05 Å². The lowest BCUT2D eigenvalue weighted by atomic mass is 10.1. The van der Waals surface area contributed by atoms with E-state index in [-0.39, 0.29) is 11.7 Å². The number of nitrogens with one attached hydrogen (secondary N) is 1. The molecule has 146 valence electrons. The number of nitrogens with zero attached hydrogens (tertiary/aromatic N) is 2. The van der Waals surface area contributed by atoms with Crippen LogP contribution >= 0.6 is 11.8 Å². The molecule has 3 aromatic rings. The quantitative estimate of drug-likeness (QED) is 0.611. The number of methoxy groups -OCH3 is 1. The molecule has 1 N–H and O–H groups in total. The van der Waals surface area contributed by atoms with Gasteiger partial charge in [-0.25, -0.2) is 13.8 Å². The molecule has 0 fully saturated rings. The molecule has 0 radical (unpaired) electrons. The molecule has 0 saturated carbocycles. The zero-order chi connectivity index (χ0) is 20.1. The van der Waals surface area contributed by atoms with Gasteiger partial charge in [0.2, 0.25) is 5.91 Å². The number of carbonyl (C=O) groups excluding carboxylic acids is 1. The Hall–Kier alpha value is -2.87. The molecule has 0 aliphatic heterocycles. The monoisotopic (exact) mass is 403 g/mol. The van der Waals surface area contributed by atoms with Crippen LogP contribution in [0.5, 0.6) is 5.75 Å². The molecule has 2 aromatic carbocycles. The SMILES string of the molecule is COc1ccc(C(NC(=O)CSc2ccc(F)c(F)c2)c2nccn2C)cc1. The predicted octanol–water partition coefficient (Wildman–Crippen LogP) is 3.70. The van der Waals surface area contributed by atoms with Crippen LogP contribution in [0, 0.1) is 11.6 Å². The van der Waals surface area contributed by atoms with Crippen molar-refractivity contribution in [2.75, 3.05) is 12.9 Å². The molecular weight excluding hydrogens is 384 g/mol. The minimum atomic E-state index is -0.936. The molecule has 3 rings (SSSR count). The van der Waals surface area contributed by atoms with E-state index in [0.717, 1.165) is 29.5 Å². The molecular formula is C20H19F2N3O2S. The number of ether oxygens (including phenoxy) is 1. The Bertz CT molecular complexity index is 960. The fourth-order valence-corrected chi connectivity index (χ4v) is 3.40. The van der Waals surface area contributed by atoms with Crippen LogP contribution in [-0.4, -0.2) is 28.3 Å². The largest absolute Gasteiger partial charge is 0.497 e. The number of carbonyl (C=O) groups is 1. The zero-order valence-corrected chi connectivity index (χ0v) is 16.2. The second-order valence-electron chi connectivity index (χ2n) is 6.03. The van der Waals surface area contributed by atoms with Gasteiger partial charge in [0.15, 0.2) is 11.6 Å². The van der Waals surface area contributed by atoms with Crippen LogP contribution < -0.4 is 10.1 Å². The van der Waals surface area contributed by atoms with Crippen molar-refractivity contribution in [1.82, 2.24) is 14.9 Å². The standard InChI is InChI=1S/C20H19F2N3O2S/c1-25-10-9-23-20(25)19(13-3-5-14(27-2)6-4-13)24-18(26)12-28-15-7-8-16(21)17(22)11-15/h3-11,19H,12H2,1-2H3,(H,24,26). The van der Waals surface area contributed by atoms with E-state index in [0.29, 0.717) is 16.5 Å². The second-order valence-corrected chi connectivity index (χ2v) is 7.08. The van der Waals surface area contributed by atoms with Crippen molar-refractivity contribution in [3.05, 3.63) is 77.9 Å². The molecule has 28 heavy (non-hydrogen) atoms. The minimum Gasteiger partial charge on any atom is -0.497 e. The van der Waals surface area contributed by atoms with E-state index in [1.165, 1.54) is 6.07 Å². The van der Waals surface area contributed by atoms with Gasteiger partial charge in [0.1, 0.15) is 17.6 Å². The number of aromatic nitrogens is 2. The first kappa shape index (κ1) is 19.9. The highest BCUT2D eigenvalue weighted by atomic mass is 32.2. The maximum absolute atomic E-state index is 13.3. The summed E-state index contributed by atoms with van der Waals surface area (Å²) in [5.74, 6) is -0.655. The van der Waals surface area contributed by atoms with Gasteiger partial charge in [-0.15, -0.1) is 11.8 Å². The van der Waals surface area contributed by atoms with Gasteiger partial charge in [0.25, 0.3) is 0 Å². The molecule has 1 heterocycles. The van der Waals surface area contributed by atoms with Gasteiger partial charge < -0.3 is 14.6 Å². The summed E-state index contributed by atoms with van der Waals surface area (Å²) in [5.41, 5.74) is 0.848. The van der Waals surface area contributed by atoms with E-state index < -0.39 is 17.7 Å². The number of rotatable bonds is 7. The Morgan fingerprint density at radius 3 is 2.57 bits per heavy atom. The van der Waals surface area contributed by atoms with Gasteiger partial charge in [0, 0.05) is 24.3 Å². The topological polar surface area (TPSA) is 56.1 Å². The second kappa shape index (κ2) is 8.88. The first-order valence-electron chi connectivity index (χ1n) is 8.46. The number of halogens is 2. The molecule has 0 bridgehead atoms. The van der Waals surface area contributed by atoms with Gasteiger partial charge in [-0.3, -0.25) is 4.79 Å². The van der Waals surface area contributed by atoms with Crippen molar-refractivity contribution in [2.45, 2.75) is 10.9 Å². The lowest BCUT2D eigenvalue weighted by molar-refractivity contribution is -0.119. The number of imidazole rings is 1. The summed E-state index contributed by atoms with van der Waals surface area (Å²) in [7, 11) is 3.43. The molecule has 0 aliphatic carbocycles. The fraction of sp³-hybridized carbons (Fsp3) is 0.200. The van der Waals surface area contributed by atoms with Crippen molar-refractivity contribution in [3.8, 4) is 5.75 Å². The lowest BCUT2D eigenvalue weighted by Gasteiger charge is -2.19. The van der Waals surface area contributed by atoms with Crippen LogP contribution in [0.1, 0.15) is 17.4 Å². The molecule has 1 amide bonds. The molecule has 0 spiro atoms. The van der Waals surface area contributed by atoms with Crippen LogP contribution in [-0.2, 0) is 11.8 Å². The minimum absolute atomic E-state index is 0.0577. The van der Waals surface area contributed by atoms with Crippen LogP contribution in [0.3, 0.4) is 0 Å². The molecule has 5 nitrogen and oxygen atoms in total. The van der Waals surface area contributed by atoms with E-state index in [4.69, 9.17) is 4.74 Å². The summed E-state index contributed by atoms with van der Waals surface area (Å²) in [6, 6.07) is 10.5. The van der Waals surface area contributed by atoms with E-state index in [1.54, 1.807) is 19.5 Å². The molecule has 1 aromatic heterocycles. The van der Waals surface area contributed by atoms with Crippen molar-refractivity contribution in [3.63, 3.8) is 0 Å². The maximum atomic E-state index is 13.3. The number of hydrogen-bond donors (Lipinski definition) is 1. The highest BCUT2D eigenvalue weighted by Crippen LogP contribution is 2.24. The van der Waals surface area contributed by atoms with Crippen molar-refractivity contribution in [1.29, 1.82) is 0 Å². The summed E-state index contributed by atoms with van der Waals surface area (Å²) >= 11 is 1.13. The molecule has 1 atom stereocenters. The van der Waals surface area contributed by atoms with Crippen LogP contribution in [0.25, 0.3) is 0 Å². The Balaban J connectivity index is 1.74. The zero-order valence-electron chi connectivity index (χ0n) is 15.4. The van der Waals surface area contributed by atoms with Crippen molar-refractivity contribution >= 4 is 17.7 Å². The third-order valence-corrected chi connectivity index (χ3v) is 5.13. The predicted molar refractivity (Wildman–Crippen MR) is 103 cm³/mol. The summed E-state index contributed by atoms with van der Waals surface area (Å²) in [5, 5.41) is 2.96. The highest BCUT2D eigenvalue weighted by molar-refractivity contribution is 8.00. The number of thioether (sulfide) groups is 1.